The Labute approximate surface area is 175 Å². The van der Waals surface area contributed by atoms with E-state index in [4.69, 9.17) is 9.47 Å². The van der Waals surface area contributed by atoms with Crippen molar-refractivity contribution in [3.63, 3.8) is 0 Å². The Hall–Kier alpha value is -3.27. The van der Waals surface area contributed by atoms with Crippen molar-refractivity contribution >= 4 is 22.2 Å². The molecule has 0 saturated heterocycles. The molecular formula is C26H23NO3. The van der Waals surface area contributed by atoms with Gasteiger partial charge in [0, 0.05) is 29.3 Å². The average molecular weight is 397 g/mol. The zero-order valence-corrected chi connectivity index (χ0v) is 17.1. The molecule has 3 aromatic rings. The van der Waals surface area contributed by atoms with Gasteiger partial charge in [-0.25, -0.2) is 0 Å². The minimum atomic E-state index is -0.125. The first kappa shape index (κ1) is 17.6. The highest BCUT2D eigenvalue weighted by atomic mass is 16.7. The standard InChI is InChI=1S/C26H23NO3/c1-26(2)12-19-25(20(28)13-26)23(16-8-10-21-22(11-16)30-14-29-21)24-17-6-4-3-5-15(17)7-9-18(24)27-19/h3-11,23,27H,12-14H2,1-2H3/t23-/m0/s1. The van der Waals surface area contributed by atoms with Gasteiger partial charge in [0.05, 0.1) is 0 Å². The normalized spacial score (nSPS) is 21.3. The van der Waals surface area contributed by atoms with E-state index in [1.165, 1.54) is 16.3 Å². The van der Waals surface area contributed by atoms with Crippen molar-refractivity contribution in [1.29, 1.82) is 0 Å². The molecule has 0 spiro atoms. The summed E-state index contributed by atoms with van der Waals surface area (Å²) in [5, 5.41) is 5.98. The average Bonchev–Trinajstić information content (AvgIpc) is 3.19. The molecule has 2 aliphatic heterocycles. The predicted octanol–water partition coefficient (Wildman–Crippen LogP) is 5.77. The van der Waals surface area contributed by atoms with E-state index in [1.807, 2.05) is 12.1 Å². The van der Waals surface area contributed by atoms with Gasteiger partial charge in [-0.2, -0.15) is 0 Å². The monoisotopic (exact) mass is 397 g/mol. The lowest BCUT2D eigenvalue weighted by molar-refractivity contribution is -0.118. The van der Waals surface area contributed by atoms with Crippen LogP contribution in [0.2, 0.25) is 0 Å². The van der Waals surface area contributed by atoms with Crippen molar-refractivity contribution in [3.8, 4) is 11.5 Å². The Morgan fingerprint density at radius 3 is 2.70 bits per heavy atom. The van der Waals surface area contributed by atoms with Gasteiger partial charge in [0.2, 0.25) is 6.79 Å². The van der Waals surface area contributed by atoms with Crippen molar-refractivity contribution in [2.24, 2.45) is 5.41 Å². The zero-order valence-electron chi connectivity index (χ0n) is 17.1. The number of ether oxygens (including phenoxy) is 2. The molecule has 0 amide bonds. The number of Topliss-reactive ketones (excluding diaryl/α,β-unsaturated/α-hetero) is 1. The number of anilines is 1. The predicted molar refractivity (Wildman–Crippen MR) is 117 cm³/mol. The molecule has 30 heavy (non-hydrogen) atoms. The van der Waals surface area contributed by atoms with Crippen LogP contribution in [0.4, 0.5) is 5.69 Å². The number of rotatable bonds is 1. The van der Waals surface area contributed by atoms with E-state index in [2.05, 4.69) is 61.6 Å². The Bertz CT molecular complexity index is 1250. The van der Waals surface area contributed by atoms with Gasteiger partial charge in [0.15, 0.2) is 17.3 Å². The van der Waals surface area contributed by atoms with Crippen LogP contribution in [-0.2, 0) is 4.79 Å². The Balaban J connectivity index is 1.64. The van der Waals surface area contributed by atoms with Crippen LogP contribution in [0.15, 0.2) is 65.9 Å². The lowest BCUT2D eigenvalue weighted by atomic mass is 9.68. The maximum Gasteiger partial charge on any atom is 0.231 e. The van der Waals surface area contributed by atoms with Crippen molar-refractivity contribution < 1.29 is 14.3 Å². The second kappa shape index (κ2) is 6.11. The van der Waals surface area contributed by atoms with E-state index in [0.717, 1.165) is 40.4 Å². The molecule has 0 radical (unpaired) electrons. The third-order valence-electron chi connectivity index (χ3n) is 6.48. The summed E-state index contributed by atoms with van der Waals surface area (Å²) < 4.78 is 11.2. The Morgan fingerprint density at radius 2 is 1.80 bits per heavy atom. The summed E-state index contributed by atoms with van der Waals surface area (Å²) in [6, 6.07) is 18.8. The van der Waals surface area contributed by atoms with Crippen LogP contribution in [0.5, 0.6) is 11.5 Å². The summed E-state index contributed by atoms with van der Waals surface area (Å²) in [7, 11) is 0. The summed E-state index contributed by atoms with van der Waals surface area (Å²) >= 11 is 0. The number of nitrogens with one attached hydrogen (secondary N) is 1. The highest BCUT2D eigenvalue weighted by Crippen LogP contribution is 2.51. The zero-order chi connectivity index (χ0) is 20.5. The number of allylic oxidation sites excluding steroid dienone is 2. The minimum Gasteiger partial charge on any atom is -0.454 e. The van der Waals surface area contributed by atoms with E-state index in [0.29, 0.717) is 6.42 Å². The summed E-state index contributed by atoms with van der Waals surface area (Å²) in [6.07, 6.45) is 1.43. The minimum absolute atomic E-state index is 0.0449. The second-order valence-electron chi connectivity index (χ2n) is 9.25. The molecule has 0 unspecified atom stereocenters. The third-order valence-corrected chi connectivity index (χ3v) is 6.48. The van der Waals surface area contributed by atoms with Gasteiger partial charge in [0.1, 0.15) is 0 Å². The topological polar surface area (TPSA) is 47.6 Å². The first-order valence-electron chi connectivity index (χ1n) is 10.4. The van der Waals surface area contributed by atoms with Crippen molar-refractivity contribution in [3.05, 3.63) is 77.0 Å². The van der Waals surface area contributed by atoms with Crippen LogP contribution in [-0.4, -0.2) is 12.6 Å². The van der Waals surface area contributed by atoms with Crippen molar-refractivity contribution in [2.75, 3.05) is 12.1 Å². The van der Waals surface area contributed by atoms with Crippen LogP contribution in [0.1, 0.15) is 43.7 Å². The van der Waals surface area contributed by atoms with Crippen molar-refractivity contribution in [1.82, 2.24) is 0 Å². The van der Waals surface area contributed by atoms with Gasteiger partial charge in [-0.05, 0) is 51.9 Å². The molecule has 3 aromatic carbocycles. The number of ketones is 1. The van der Waals surface area contributed by atoms with E-state index in [-0.39, 0.29) is 23.9 Å². The largest absolute Gasteiger partial charge is 0.454 e. The van der Waals surface area contributed by atoms with Gasteiger partial charge in [-0.3, -0.25) is 4.79 Å². The van der Waals surface area contributed by atoms with Gasteiger partial charge in [-0.15, -0.1) is 0 Å². The van der Waals surface area contributed by atoms with Crippen LogP contribution in [0, 0.1) is 5.41 Å². The van der Waals surface area contributed by atoms with Gasteiger partial charge in [-0.1, -0.05) is 50.2 Å². The number of hydrogen-bond acceptors (Lipinski definition) is 4. The number of hydrogen-bond donors (Lipinski definition) is 1. The lowest BCUT2D eigenvalue weighted by Crippen LogP contribution is -2.33. The first-order valence-corrected chi connectivity index (χ1v) is 10.4. The Kier molecular flexibility index (Phi) is 3.58. The lowest BCUT2D eigenvalue weighted by Gasteiger charge is -2.40. The third kappa shape index (κ3) is 2.56. The molecule has 3 aliphatic rings. The molecule has 1 aliphatic carbocycles. The first-order chi connectivity index (χ1) is 14.5. The van der Waals surface area contributed by atoms with E-state index in [1.54, 1.807) is 0 Å². The van der Waals surface area contributed by atoms with Crippen LogP contribution in [0.25, 0.3) is 10.8 Å². The molecule has 4 heteroatoms. The number of benzene rings is 3. The van der Waals surface area contributed by atoms with Gasteiger partial charge in [0.25, 0.3) is 0 Å². The summed E-state index contributed by atoms with van der Waals surface area (Å²) in [5.41, 5.74) is 5.23. The van der Waals surface area contributed by atoms with Crippen molar-refractivity contribution in [2.45, 2.75) is 32.6 Å². The van der Waals surface area contributed by atoms with E-state index < -0.39 is 0 Å². The van der Waals surface area contributed by atoms with E-state index in [9.17, 15) is 4.79 Å². The van der Waals surface area contributed by atoms with E-state index >= 15 is 0 Å². The molecule has 150 valence electrons. The fourth-order valence-electron chi connectivity index (χ4n) is 5.23. The molecule has 0 bridgehead atoms. The molecular weight excluding hydrogens is 374 g/mol. The number of fused-ring (bicyclic) bond motifs is 4. The van der Waals surface area contributed by atoms with Crippen LogP contribution < -0.4 is 14.8 Å². The summed E-state index contributed by atoms with van der Waals surface area (Å²) in [4.78, 5) is 13.5. The molecule has 6 rings (SSSR count). The van der Waals surface area contributed by atoms with Crippen LogP contribution in [0.3, 0.4) is 0 Å². The molecule has 2 heterocycles. The number of carbonyl (C=O) groups is 1. The van der Waals surface area contributed by atoms with Gasteiger partial charge < -0.3 is 14.8 Å². The maximum atomic E-state index is 13.5. The summed E-state index contributed by atoms with van der Waals surface area (Å²) in [6.45, 7) is 4.58. The molecule has 1 atom stereocenters. The molecule has 4 nitrogen and oxygen atoms in total. The SMILES string of the molecule is CC1(C)CC(=O)C2=C(C1)Nc1ccc3ccccc3c1[C@@H]2c1ccc2c(c1)OCO2. The molecule has 1 N–H and O–H groups in total. The van der Waals surface area contributed by atoms with Crippen LogP contribution >= 0.6 is 0 Å². The maximum absolute atomic E-state index is 13.5. The molecule has 0 aromatic heterocycles. The molecule has 0 saturated carbocycles. The highest BCUT2D eigenvalue weighted by molar-refractivity contribution is 6.04. The fraction of sp³-hybridized carbons (Fsp3) is 0.269. The second-order valence-corrected chi connectivity index (χ2v) is 9.25. The smallest absolute Gasteiger partial charge is 0.231 e. The Morgan fingerprint density at radius 1 is 0.967 bits per heavy atom. The quantitative estimate of drug-likeness (QED) is 0.566. The highest BCUT2D eigenvalue weighted by Gasteiger charge is 2.41. The van der Waals surface area contributed by atoms with Gasteiger partial charge >= 0.3 is 0 Å². The molecule has 0 fully saturated rings. The fourth-order valence-corrected chi connectivity index (χ4v) is 5.23. The number of carbonyl (C=O) groups excluding carboxylic acids is 1. The summed E-state index contributed by atoms with van der Waals surface area (Å²) in [5.74, 6) is 1.62.